The molecule has 0 radical (unpaired) electrons. The molecule has 0 aromatic carbocycles. The van der Waals surface area contributed by atoms with E-state index in [9.17, 15) is 5.11 Å². The van der Waals surface area contributed by atoms with Crippen LogP contribution < -0.4 is 0 Å². The van der Waals surface area contributed by atoms with Crippen LogP contribution in [0, 0.1) is 5.92 Å². The number of hydrogen-bond acceptors (Lipinski definition) is 2. The predicted molar refractivity (Wildman–Crippen MR) is 55.3 cm³/mol. The van der Waals surface area contributed by atoms with E-state index < -0.39 is 0 Å². The molecule has 0 aromatic heterocycles. The van der Waals surface area contributed by atoms with E-state index in [-0.39, 0.29) is 5.92 Å². The average molecular weight is 177 g/mol. The SMILES string of the molecule is C=CC1C(O)=CC=CC1=CN(C)C. The lowest BCUT2D eigenvalue weighted by atomic mass is 9.93. The van der Waals surface area contributed by atoms with Crippen LogP contribution in [0.3, 0.4) is 0 Å². The molecule has 1 rings (SSSR count). The second kappa shape index (κ2) is 3.99. The molecule has 1 aliphatic carbocycles. The van der Waals surface area contributed by atoms with Crippen LogP contribution in [-0.2, 0) is 0 Å². The van der Waals surface area contributed by atoms with E-state index in [0.29, 0.717) is 5.76 Å². The van der Waals surface area contributed by atoms with Crippen molar-refractivity contribution >= 4 is 0 Å². The van der Waals surface area contributed by atoms with Crippen LogP contribution in [-0.4, -0.2) is 24.1 Å². The van der Waals surface area contributed by atoms with Gasteiger partial charge in [-0.3, -0.25) is 0 Å². The first-order chi connectivity index (χ1) is 6.15. The van der Waals surface area contributed by atoms with Crippen molar-refractivity contribution in [2.75, 3.05) is 14.1 Å². The molecule has 0 spiro atoms. The maximum absolute atomic E-state index is 9.53. The van der Waals surface area contributed by atoms with E-state index in [1.807, 2.05) is 37.3 Å². The molecule has 70 valence electrons. The average Bonchev–Trinajstić information content (AvgIpc) is 2.03. The van der Waals surface area contributed by atoms with Gasteiger partial charge in [0, 0.05) is 20.3 Å². The van der Waals surface area contributed by atoms with Crippen LogP contribution in [0.15, 0.2) is 48.4 Å². The molecule has 0 saturated heterocycles. The molecular formula is C11H15NO. The summed E-state index contributed by atoms with van der Waals surface area (Å²) < 4.78 is 0. The Morgan fingerprint density at radius 2 is 2.23 bits per heavy atom. The molecule has 1 atom stereocenters. The van der Waals surface area contributed by atoms with Crippen molar-refractivity contribution in [2.24, 2.45) is 5.92 Å². The molecule has 0 heterocycles. The highest BCUT2D eigenvalue weighted by atomic mass is 16.3. The molecule has 0 aromatic rings. The summed E-state index contributed by atoms with van der Waals surface area (Å²) in [7, 11) is 3.91. The highest BCUT2D eigenvalue weighted by Crippen LogP contribution is 2.24. The Kier molecular flexibility index (Phi) is 2.96. The van der Waals surface area contributed by atoms with Crippen molar-refractivity contribution in [3.63, 3.8) is 0 Å². The van der Waals surface area contributed by atoms with Gasteiger partial charge in [0.05, 0.1) is 5.92 Å². The standard InChI is InChI=1S/C11H15NO/c1-4-10-9(8-12(2)3)6-5-7-11(10)13/h4-8,10,13H,1H2,2-3H3. The summed E-state index contributed by atoms with van der Waals surface area (Å²) in [6.45, 7) is 3.70. The minimum atomic E-state index is -0.0626. The van der Waals surface area contributed by atoms with Crippen molar-refractivity contribution in [3.05, 3.63) is 48.4 Å². The lowest BCUT2D eigenvalue weighted by molar-refractivity contribution is 0.370. The number of allylic oxidation sites excluding steroid dienone is 4. The Bertz CT molecular complexity index is 284. The fourth-order valence-electron chi connectivity index (χ4n) is 1.31. The quantitative estimate of drug-likeness (QED) is 0.654. The Balaban J connectivity index is 2.94. The van der Waals surface area contributed by atoms with Gasteiger partial charge in [-0.15, -0.1) is 6.58 Å². The van der Waals surface area contributed by atoms with Gasteiger partial charge in [0.2, 0.25) is 0 Å². The van der Waals surface area contributed by atoms with Gasteiger partial charge in [-0.1, -0.05) is 18.2 Å². The summed E-state index contributed by atoms with van der Waals surface area (Å²) >= 11 is 0. The van der Waals surface area contributed by atoms with E-state index in [4.69, 9.17) is 0 Å². The Morgan fingerprint density at radius 1 is 1.54 bits per heavy atom. The number of rotatable bonds is 2. The smallest absolute Gasteiger partial charge is 0.104 e. The highest BCUT2D eigenvalue weighted by molar-refractivity contribution is 5.38. The predicted octanol–water partition coefficient (Wildman–Crippen LogP) is 2.25. The summed E-state index contributed by atoms with van der Waals surface area (Å²) in [5, 5.41) is 9.53. The van der Waals surface area contributed by atoms with E-state index in [1.165, 1.54) is 0 Å². The summed E-state index contributed by atoms with van der Waals surface area (Å²) in [5.74, 6) is 0.290. The van der Waals surface area contributed by atoms with Gasteiger partial charge in [0.1, 0.15) is 5.76 Å². The first-order valence-corrected chi connectivity index (χ1v) is 4.23. The second-order valence-electron chi connectivity index (χ2n) is 3.26. The minimum absolute atomic E-state index is 0.0626. The molecular weight excluding hydrogens is 162 g/mol. The van der Waals surface area contributed by atoms with Gasteiger partial charge in [-0.2, -0.15) is 0 Å². The van der Waals surface area contributed by atoms with Gasteiger partial charge < -0.3 is 10.0 Å². The van der Waals surface area contributed by atoms with Crippen LogP contribution in [0.4, 0.5) is 0 Å². The number of nitrogens with zero attached hydrogens (tertiary/aromatic N) is 1. The minimum Gasteiger partial charge on any atom is -0.511 e. The largest absolute Gasteiger partial charge is 0.511 e. The molecule has 2 heteroatoms. The zero-order chi connectivity index (χ0) is 9.84. The van der Waals surface area contributed by atoms with Gasteiger partial charge in [0.15, 0.2) is 0 Å². The third kappa shape index (κ3) is 2.25. The second-order valence-corrected chi connectivity index (χ2v) is 3.26. The topological polar surface area (TPSA) is 23.5 Å². The Labute approximate surface area is 79.2 Å². The van der Waals surface area contributed by atoms with Gasteiger partial charge >= 0.3 is 0 Å². The van der Waals surface area contributed by atoms with Crippen LogP contribution in [0.25, 0.3) is 0 Å². The molecule has 0 bridgehead atoms. The lowest BCUT2D eigenvalue weighted by Gasteiger charge is -2.18. The fourth-order valence-corrected chi connectivity index (χ4v) is 1.31. The van der Waals surface area contributed by atoms with Crippen molar-refractivity contribution in [2.45, 2.75) is 0 Å². The molecule has 1 unspecified atom stereocenters. The van der Waals surface area contributed by atoms with E-state index in [2.05, 4.69) is 6.58 Å². The van der Waals surface area contributed by atoms with Crippen molar-refractivity contribution in [1.29, 1.82) is 0 Å². The van der Waals surface area contributed by atoms with Gasteiger partial charge in [-0.05, 0) is 11.6 Å². The lowest BCUT2D eigenvalue weighted by Crippen LogP contribution is -2.10. The summed E-state index contributed by atoms with van der Waals surface area (Å²) in [6.07, 6.45) is 9.23. The molecule has 0 aliphatic heterocycles. The van der Waals surface area contributed by atoms with Crippen LogP contribution in [0.5, 0.6) is 0 Å². The number of aliphatic hydroxyl groups excluding tert-OH is 1. The maximum Gasteiger partial charge on any atom is 0.104 e. The maximum atomic E-state index is 9.53. The van der Waals surface area contributed by atoms with Crippen LogP contribution in [0.1, 0.15) is 0 Å². The molecule has 0 fully saturated rings. The zero-order valence-corrected chi connectivity index (χ0v) is 8.07. The van der Waals surface area contributed by atoms with E-state index >= 15 is 0 Å². The first-order valence-electron chi connectivity index (χ1n) is 4.23. The molecule has 1 aliphatic rings. The molecule has 2 nitrogen and oxygen atoms in total. The van der Waals surface area contributed by atoms with Crippen molar-refractivity contribution < 1.29 is 5.11 Å². The third-order valence-electron chi connectivity index (χ3n) is 1.88. The Hall–Kier alpha value is -1.44. The third-order valence-corrected chi connectivity index (χ3v) is 1.88. The molecule has 0 amide bonds. The fraction of sp³-hybridized carbons (Fsp3) is 0.273. The number of hydrogen-bond donors (Lipinski definition) is 1. The monoisotopic (exact) mass is 177 g/mol. The first kappa shape index (κ1) is 9.65. The molecule has 1 N–H and O–H groups in total. The summed E-state index contributed by atoms with van der Waals surface area (Å²) in [6, 6.07) is 0. The van der Waals surface area contributed by atoms with Crippen molar-refractivity contribution in [3.8, 4) is 0 Å². The molecule has 13 heavy (non-hydrogen) atoms. The zero-order valence-electron chi connectivity index (χ0n) is 8.07. The summed E-state index contributed by atoms with van der Waals surface area (Å²) in [4.78, 5) is 1.95. The summed E-state index contributed by atoms with van der Waals surface area (Å²) in [5.41, 5.74) is 1.06. The highest BCUT2D eigenvalue weighted by Gasteiger charge is 2.15. The molecule has 0 saturated carbocycles. The van der Waals surface area contributed by atoms with Crippen LogP contribution in [0.2, 0.25) is 0 Å². The van der Waals surface area contributed by atoms with Gasteiger partial charge in [0.25, 0.3) is 0 Å². The number of aliphatic hydroxyl groups is 1. The van der Waals surface area contributed by atoms with E-state index in [0.717, 1.165) is 5.57 Å². The van der Waals surface area contributed by atoms with Crippen LogP contribution >= 0.6 is 0 Å². The normalized spacial score (nSPS) is 24.3. The van der Waals surface area contributed by atoms with Gasteiger partial charge in [-0.25, -0.2) is 0 Å². The Morgan fingerprint density at radius 3 is 2.77 bits per heavy atom. The van der Waals surface area contributed by atoms with Crippen molar-refractivity contribution in [1.82, 2.24) is 4.90 Å². The van der Waals surface area contributed by atoms with E-state index in [1.54, 1.807) is 12.2 Å².